The Balaban J connectivity index is 2.08. The molecule has 25 heavy (non-hydrogen) atoms. The van der Waals surface area contributed by atoms with Crippen molar-refractivity contribution < 1.29 is 13.2 Å². The Labute approximate surface area is 151 Å². The molecular formula is C19H30N2O3S. The molecule has 0 bridgehead atoms. The topological polar surface area (TPSA) is 75.3 Å². The van der Waals surface area contributed by atoms with E-state index < -0.39 is 16.1 Å². The van der Waals surface area contributed by atoms with Gasteiger partial charge >= 0.3 is 0 Å². The molecule has 1 aromatic rings. The van der Waals surface area contributed by atoms with Crippen LogP contribution in [-0.2, 0) is 14.8 Å². The summed E-state index contributed by atoms with van der Waals surface area (Å²) in [4.78, 5) is 12.9. The van der Waals surface area contributed by atoms with Gasteiger partial charge in [0, 0.05) is 6.04 Å². The van der Waals surface area contributed by atoms with E-state index >= 15 is 0 Å². The van der Waals surface area contributed by atoms with Crippen molar-refractivity contribution in [3.05, 3.63) is 29.8 Å². The normalized spacial score (nSPS) is 17.9. The fraction of sp³-hybridized carbons (Fsp3) is 0.632. The van der Waals surface area contributed by atoms with E-state index in [0.717, 1.165) is 31.2 Å². The summed E-state index contributed by atoms with van der Waals surface area (Å²) in [6, 6.07) is 6.03. The fourth-order valence-corrected chi connectivity index (χ4v) is 4.50. The standard InChI is InChI=1S/C19H30N2O3S/c1-14(2)18(19(22)20-16-8-6-4-5-7-9-16)21-25(23,24)17-12-10-15(3)11-13-17/h10-14,16,18,21H,4-9H2,1-3H3,(H,20,22)/t18-/m1/s1. The van der Waals surface area contributed by atoms with Crippen LogP contribution in [0.15, 0.2) is 29.2 Å². The van der Waals surface area contributed by atoms with Crippen LogP contribution in [0.5, 0.6) is 0 Å². The van der Waals surface area contributed by atoms with Crippen molar-refractivity contribution >= 4 is 15.9 Å². The molecule has 2 rings (SSSR count). The minimum atomic E-state index is -3.73. The third-order valence-corrected chi connectivity index (χ3v) is 6.22. The molecule has 0 unspecified atom stereocenters. The van der Waals surface area contributed by atoms with Crippen molar-refractivity contribution in [1.29, 1.82) is 0 Å². The van der Waals surface area contributed by atoms with Gasteiger partial charge in [-0.1, -0.05) is 57.2 Å². The zero-order valence-electron chi connectivity index (χ0n) is 15.4. The quantitative estimate of drug-likeness (QED) is 0.760. The number of aryl methyl sites for hydroxylation is 1. The van der Waals surface area contributed by atoms with Crippen LogP contribution in [0.3, 0.4) is 0 Å². The third-order valence-electron chi connectivity index (χ3n) is 4.76. The molecule has 2 N–H and O–H groups in total. The van der Waals surface area contributed by atoms with E-state index in [-0.39, 0.29) is 22.8 Å². The molecule has 1 saturated carbocycles. The maximum atomic E-state index is 12.7. The lowest BCUT2D eigenvalue weighted by molar-refractivity contribution is -0.124. The summed E-state index contributed by atoms with van der Waals surface area (Å²) in [7, 11) is -3.73. The van der Waals surface area contributed by atoms with Gasteiger partial charge in [0.1, 0.15) is 6.04 Å². The second-order valence-electron chi connectivity index (χ2n) is 7.35. The van der Waals surface area contributed by atoms with Crippen LogP contribution >= 0.6 is 0 Å². The van der Waals surface area contributed by atoms with Gasteiger partial charge < -0.3 is 5.32 Å². The summed E-state index contributed by atoms with van der Waals surface area (Å²) < 4.78 is 27.8. The van der Waals surface area contributed by atoms with Crippen molar-refractivity contribution in [1.82, 2.24) is 10.0 Å². The highest BCUT2D eigenvalue weighted by Crippen LogP contribution is 2.18. The van der Waals surface area contributed by atoms with Gasteiger partial charge in [0.25, 0.3) is 0 Å². The average molecular weight is 367 g/mol. The second-order valence-corrected chi connectivity index (χ2v) is 9.07. The first-order valence-corrected chi connectivity index (χ1v) is 10.7. The van der Waals surface area contributed by atoms with E-state index in [0.29, 0.717) is 0 Å². The van der Waals surface area contributed by atoms with Gasteiger partial charge in [-0.2, -0.15) is 4.72 Å². The molecule has 1 atom stereocenters. The lowest BCUT2D eigenvalue weighted by Crippen LogP contribution is -2.51. The first-order valence-electron chi connectivity index (χ1n) is 9.19. The van der Waals surface area contributed by atoms with E-state index in [2.05, 4.69) is 10.0 Å². The van der Waals surface area contributed by atoms with Gasteiger partial charge in [-0.05, 0) is 37.8 Å². The van der Waals surface area contributed by atoms with E-state index in [1.54, 1.807) is 24.3 Å². The molecule has 0 spiro atoms. The first-order chi connectivity index (χ1) is 11.8. The molecule has 0 saturated heterocycles. The predicted octanol–water partition coefficient (Wildman–Crippen LogP) is 3.14. The van der Waals surface area contributed by atoms with Gasteiger partial charge in [-0.3, -0.25) is 4.79 Å². The SMILES string of the molecule is Cc1ccc(S(=O)(=O)N[C@@H](C(=O)NC2CCCCCC2)C(C)C)cc1. The van der Waals surface area contributed by atoms with E-state index in [1.807, 2.05) is 20.8 Å². The van der Waals surface area contributed by atoms with Crippen LogP contribution in [0, 0.1) is 12.8 Å². The molecule has 140 valence electrons. The summed E-state index contributed by atoms with van der Waals surface area (Å²) in [5, 5.41) is 3.06. The van der Waals surface area contributed by atoms with Crippen molar-refractivity contribution in [2.75, 3.05) is 0 Å². The number of nitrogens with one attached hydrogen (secondary N) is 2. The first kappa shape index (κ1) is 19.9. The lowest BCUT2D eigenvalue weighted by atomic mass is 10.0. The van der Waals surface area contributed by atoms with Crippen molar-refractivity contribution in [2.45, 2.75) is 76.3 Å². The molecule has 1 aliphatic carbocycles. The van der Waals surface area contributed by atoms with Crippen LogP contribution in [0.25, 0.3) is 0 Å². The van der Waals surface area contributed by atoms with E-state index in [9.17, 15) is 13.2 Å². The second kappa shape index (κ2) is 8.81. The minimum Gasteiger partial charge on any atom is -0.352 e. The molecule has 1 fully saturated rings. The number of hydrogen-bond donors (Lipinski definition) is 2. The van der Waals surface area contributed by atoms with Crippen LogP contribution in [0.1, 0.15) is 57.9 Å². The van der Waals surface area contributed by atoms with Gasteiger partial charge in [0.05, 0.1) is 4.90 Å². The Bertz CT molecular complexity index is 660. The maximum absolute atomic E-state index is 12.7. The Kier molecular flexibility index (Phi) is 7.02. The molecule has 0 radical (unpaired) electrons. The van der Waals surface area contributed by atoms with Gasteiger partial charge in [-0.15, -0.1) is 0 Å². The number of carbonyl (C=O) groups excluding carboxylic acids is 1. The van der Waals surface area contributed by atoms with Gasteiger partial charge in [0.15, 0.2) is 0 Å². The molecule has 0 heterocycles. The van der Waals surface area contributed by atoms with Crippen molar-refractivity contribution in [3.8, 4) is 0 Å². The zero-order chi connectivity index (χ0) is 18.4. The lowest BCUT2D eigenvalue weighted by Gasteiger charge is -2.25. The van der Waals surface area contributed by atoms with Crippen LogP contribution < -0.4 is 10.0 Å². The van der Waals surface area contributed by atoms with E-state index in [1.165, 1.54) is 12.8 Å². The number of hydrogen-bond acceptors (Lipinski definition) is 3. The van der Waals surface area contributed by atoms with Crippen molar-refractivity contribution in [2.24, 2.45) is 5.92 Å². The monoisotopic (exact) mass is 366 g/mol. The zero-order valence-corrected chi connectivity index (χ0v) is 16.2. The van der Waals surface area contributed by atoms with Gasteiger partial charge in [0.2, 0.25) is 15.9 Å². The molecule has 1 aromatic carbocycles. The van der Waals surface area contributed by atoms with Crippen LogP contribution in [-0.4, -0.2) is 26.4 Å². The number of carbonyl (C=O) groups is 1. The highest BCUT2D eigenvalue weighted by molar-refractivity contribution is 7.89. The Morgan fingerprint density at radius 2 is 1.60 bits per heavy atom. The number of sulfonamides is 1. The number of amides is 1. The smallest absolute Gasteiger partial charge is 0.241 e. The summed E-state index contributed by atoms with van der Waals surface area (Å²) >= 11 is 0. The number of rotatable bonds is 6. The summed E-state index contributed by atoms with van der Waals surface area (Å²) in [6.45, 7) is 5.62. The highest BCUT2D eigenvalue weighted by atomic mass is 32.2. The largest absolute Gasteiger partial charge is 0.352 e. The molecule has 1 amide bonds. The molecule has 5 nitrogen and oxygen atoms in total. The van der Waals surface area contributed by atoms with Gasteiger partial charge in [-0.25, -0.2) is 8.42 Å². The molecule has 0 aliphatic heterocycles. The third kappa shape index (κ3) is 5.82. The van der Waals surface area contributed by atoms with Crippen LogP contribution in [0.2, 0.25) is 0 Å². The Morgan fingerprint density at radius 1 is 1.04 bits per heavy atom. The number of benzene rings is 1. The molecule has 6 heteroatoms. The predicted molar refractivity (Wildman–Crippen MR) is 99.8 cm³/mol. The molecule has 0 aromatic heterocycles. The van der Waals surface area contributed by atoms with Crippen LogP contribution in [0.4, 0.5) is 0 Å². The molecule has 1 aliphatic rings. The summed E-state index contributed by atoms with van der Waals surface area (Å²) in [5.41, 5.74) is 0.991. The summed E-state index contributed by atoms with van der Waals surface area (Å²) in [6.07, 6.45) is 6.60. The Morgan fingerprint density at radius 3 is 2.12 bits per heavy atom. The molecular weight excluding hydrogens is 336 g/mol. The highest BCUT2D eigenvalue weighted by Gasteiger charge is 2.29. The fourth-order valence-electron chi connectivity index (χ4n) is 3.16. The van der Waals surface area contributed by atoms with Crippen molar-refractivity contribution in [3.63, 3.8) is 0 Å². The Hall–Kier alpha value is -1.40. The van der Waals surface area contributed by atoms with E-state index in [4.69, 9.17) is 0 Å². The maximum Gasteiger partial charge on any atom is 0.241 e. The average Bonchev–Trinajstić information content (AvgIpc) is 2.81. The summed E-state index contributed by atoms with van der Waals surface area (Å²) in [5.74, 6) is -0.358. The minimum absolute atomic E-state index is 0.133.